The summed E-state index contributed by atoms with van der Waals surface area (Å²) in [6, 6.07) is 0. The van der Waals surface area contributed by atoms with Crippen LogP contribution in [0.25, 0.3) is 0 Å². The number of hydrogen-bond acceptors (Lipinski definition) is 5. The summed E-state index contributed by atoms with van der Waals surface area (Å²) >= 11 is 0. The van der Waals surface area contributed by atoms with Crippen molar-refractivity contribution in [2.45, 2.75) is 0 Å². The third-order valence-electron chi connectivity index (χ3n) is 1.25. The molecule has 0 aliphatic carbocycles. The molecule has 0 atom stereocenters. The second-order valence-corrected chi connectivity index (χ2v) is 2.17. The van der Waals surface area contributed by atoms with Crippen molar-refractivity contribution in [3.63, 3.8) is 0 Å². The Kier molecular flexibility index (Phi) is 2.65. The molecular formula is C6H10N4O2. The van der Waals surface area contributed by atoms with Crippen molar-refractivity contribution >= 4 is 11.6 Å². The lowest BCUT2D eigenvalue weighted by molar-refractivity contribution is -0.589. The normalized spacial score (nSPS) is 9.75. The van der Waals surface area contributed by atoms with Crippen molar-refractivity contribution in [2.75, 3.05) is 24.2 Å². The number of nitrogen functional groups attached to an aromatic ring is 1. The van der Waals surface area contributed by atoms with E-state index in [-0.39, 0.29) is 12.4 Å². The van der Waals surface area contributed by atoms with Crippen molar-refractivity contribution in [3.05, 3.63) is 17.6 Å². The molecular weight excluding hydrogens is 160 g/mol. The van der Waals surface area contributed by atoms with Crippen LogP contribution in [0.1, 0.15) is 0 Å². The first-order valence-corrected chi connectivity index (χ1v) is 3.43. The molecule has 0 aromatic carbocycles. The molecule has 0 amide bonds. The fourth-order valence-electron chi connectivity index (χ4n) is 0.687. The van der Waals surface area contributed by atoms with Gasteiger partial charge in [-0.15, -0.1) is 0 Å². The number of anilines is 2. The summed E-state index contributed by atoms with van der Waals surface area (Å²) in [5, 5.41) is 22.0. The van der Waals surface area contributed by atoms with Crippen molar-refractivity contribution in [3.8, 4) is 0 Å². The number of aliphatic hydroxyl groups excluding tert-OH is 1. The van der Waals surface area contributed by atoms with Gasteiger partial charge in [-0.25, -0.2) is 9.71 Å². The van der Waals surface area contributed by atoms with Crippen LogP contribution < -0.4 is 15.8 Å². The zero-order valence-corrected chi connectivity index (χ0v) is 6.40. The van der Waals surface area contributed by atoms with Crippen LogP contribution in [0, 0.1) is 5.21 Å². The third-order valence-corrected chi connectivity index (χ3v) is 1.25. The molecule has 1 rings (SSSR count). The monoisotopic (exact) mass is 170 g/mol. The maximum atomic E-state index is 10.9. The Labute approximate surface area is 69.2 Å². The Morgan fingerprint density at radius 1 is 1.75 bits per heavy atom. The van der Waals surface area contributed by atoms with E-state index < -0.39 is 0 Å². The first-order valence-electron chi connectivity index (χ1n) is 3.43. The smallest absolute Gasteiger partial charge is 0.294 e. The van der Waals surface area contributed by atoms with Gasteiger partial charge in [0.2, 0.25) is 0 Å². The van der Waals surface area contributed by atoms with Gasteiger partial charge in [0.1, 0.15) is 12.4 Å². The van der Waals surface area contributed by atoms with E-state index in [9.17, 15) is 5.21 Å². The standard InChI is InChI=1S/C6H10N4O2/c7-5-3-9-6(4-10(5)12)8-1-2-11/h3-4,11H,1-2,7H2,(H,8,9). The highest BCUT2D eigenvalue weighted by Crippen LogP contribution is 1.98. The van der Waals surface area contributed by atoms with E-state index in [2.05, 4.69) is 10.3 Å². The Balaban J connectivity index is 2.69. The maximum Gasteiger partial charge on any atom is 0.294 e. The molecule has 6 nitrogen and oxygen atoms in total. The summed E-state index contributed by atoms with van der Waals surface area (Å²) < 4.78 is 0.507. The number of nitrogens with one attached hydrogen (secondary N) is 1. The summed E-state index contributed by atoms with van der Waals surface area (Å²) in [7, 11) is 0. The van der Waals surface area contributed by atoms with Crippen LogP contribution in [-0.4, -0.2) is 23.2 Å². The van der Waals surface area contributed by atoms with E-state index in [1.165, 1.54) is 12.4 Å². The zero-order chi connectivity index (χ0) is 8.97. The van der Waals surface area contributed by atoms with Crippen LogP contribution in [0.15, 0.2) is 12.4 Å². The van der Waals surface area contributed by atoms with Gasteiger partial charge in [-0.3, -0.25) is 5.73 Å². The maximum absolute atomic E-state index is 10.9. The molecule has 12 heavy (non-hydrogen) atoms. The lowest BCUT2D eigenvalue weighted by Crippen LogP contribution is -2.31. The zero-order valence-electron chi connectivity index (χ0n) is 6.40. The van der Waals surface area contributed by atoms with Crippen molar-refractivity contribution < 1.29 is 9.84 Å². The van der Waals surface area contributed by atoms with Crippen LogP contribution in [0.3, 0.4) is 0 Å². The van der Waals surface area contributed by atoms with Crippen LogP contribution in [0.2, 0.25) is 0 Å². The molecule has 0 aliphatic heterocycles. The molecule has 1 heterocycles. The topological polar surface area (TPSA) is 98.1 Å². The average molecular weight is 170 g/mol. The van der Waals surface area contributed by atoms with E-state index in [4.69, 9.17) is 10.8 Å². The van der Waals surface area contributed by atoms with E-state index in [0.717, 1.165) is 0 Å². The molecule has 0 aliphatic rings. The minimum atomic E-state index is -0.00901. The number of aliphatic hydroxyl groups is 1. The first kappa shape index (κ1) is 8.54. The van der Waals surface area contributed by atoms with E-state index in [1.807, 2.05) is 0 Å². The number of nitrogens with two attached hydrogens (primary N) is 1. The van der Waals surface area contributed by atoms with Crippen LogP contribution >= 0.6 is 0 Å². The van der Waals surface area contributed by atoms with Gasteiger partial charge in [-0.1, -0.05) is 0 Å². The summed E-state index contributed by atoms with van der Waals surface area (Å²) in [5.74, 6) is 0.442. The lowest BCUT2D eigenvalue weighted by Gasteiger charge is -2.06. The highest BCUT2D eigenvalue weighted by Gasteiger charge is 1.98. The predicted molar refractivity (Wildman–Crippen MR) is 43.2 cm³/mol. The molecule has 1 aromatic rings. The molecule has 0 radical (unpaired) electrons. The van der Waals surface area contributed by atoms with Gasteiger partial charge in [0.05, 0.1) is 6.61 Å². The fourth-order valence-corrected chi connectivity index (χ4v) is 0.687. The van der Waals surface area contributed by atoms with Gasteiger partial charge in [0.15, 0.2) is 5.82 Å². The second kappa shape index (κ2) is 3.72. The van der Waals surface area contributed by atoms with Gasteiger partial charge in [-0.05, 0) is 0 Å². The summed E-state index contributed by atoms with van der Waals surface area (Å²) in [5.41, 5.74) is 5.23. The number of aromatic nitrogens is 2. The van der Waals surface area contributed by atoms with Gasteiger partial charge < -0.3 is 15.6 Å². The van der Waals surface area contributed by atoms with E-state index in [0.29, 0.717) is 17.1 Å². The van der Waals surface area contributed by atoms with Crippen LogP contribution in [-0.2, 0) is 0 Å². The lowest BCUT2D eigenvalue weighted by atomic mass is 10.6. The first-order chi connectivity index (χ1) is 5.74. The van der Waals surface area contributed by atoms with Crippen LogP contribution in [0.4, 0.5) is 11.6 Å². The Morgan fingerprint density at radius 2 is 2.50 bits per heavy atom. The molecule has 0 spiro atoms. The van der Waals surface area contributed by atoms with E-state index in [1.54, 1.807) is 0 Å². The fraction of sp³-hybridized carbons (Fsp3) is 0.333. The molecule has 0 unspecified atom stereocenters. The molecule has 0 saturated heterocycles. The Hall–Kier alpha value is -1.56. The molecule has 0 saturated carbocycles. The quantitative estimate of drug-likeness (QED) is 0.387. The van der Waals surface area contributed by atoms with Gasteiger partial charge in [0, 0.05) is 6.54 Å². The highest BCUT2D eigenvalue weighted by atomic mass is 16.5. The summed E-state index contributed by atoms with van der Waals surface area (Å²) in [4.78, 5) is 3.81. The molecule has 1 aromatic heterocycles. The van der Waals surface area contributed by atoms with Gasteiger partial charge in [-0.2, -0.15) is 0 Å². The Morgan fingerprint density at radius 3 is 3.08 bits per heavy atom. The van der Waals surface area contributed by atoms with Gasteiger partial charge >= 0.3 is 0 Å². The minimum absolute atomic E-state index is 0.00901. The van der Waals surface area contributed by atoms with Gasteiger partial charge in [0.25, 0.3) is 5.82 Å². The number of nitrogens with zero attached hydrogens (tertiary/aromatic N) is 2. The average Bonchev–Trinajstić information content (AvgIpc) is 2.07. The SMILES string of the molecule is Nc1cnc(NCCO)c[n+]1[O-]. The number of rotatable bonds is 3. The predicted octanol–water partition coefficient (Wildman–Crippen LogP) is -1.30. The molecule has 0 fully saturated rings. The van der Waals surface area contributed by atoms with Crippen molar-refractivity contribution in [2.24, 2.45) is 0 Å². The third kappa shape index (κ3) is 1.96. The van der Waals surface area contributed by atoms with Crippen molar-refractivity contribution in [1.29, 1.82) is 0 Å². The molecule has 66 valence electrons. The minimum Gasteiger partial charge on any atom is -0.710 e. The van der Waals surface area contributed by atoms with Crippen LogP contribution in [0.5, 0.6) is 0 Å². The summed E-state index contributed by atoms with van der Waals surface area (Å²) in [6.45, 7) is 0.349. The Bertz CT molecular complexity index is 266. The highest BCUT2D eigenvalue weighted by molar-refractivity contribution is 5.31. The van der Waals surface area contributed by atoms with Crippen molar-refractivity contribution in [1.82, 2.24) is 4.98 Å². The molecule has 6 heteroatoms. The largest absolute Gasteiger partial charge is 0.710 e. The molecule has 4 N–H and O–H groups in total. The molecule has 0 bridgehead atoms. The second-order valence-electron chi connectivity index (χ2n) is 2.17. The number of hydrogen-bond donors (Lipinski definition) is 3. The summed E-state index contributed by atoms with van der Waals surface area (Å²) in [6.07, 6.45) is 2.47. The van der Waals surface area contributed by atoms with E-state index >= 15 is 0 Å².